The van der Waals surface area contributed by atoms with Crippen LogP contribution in [0.2, 0.25) is 5.02 Å². The van der Waals surface area contributed by atoms with Gasteiger partial charge in [-0.05, 0) is 65.4 Å². The standard InChI is InChI=1S/C18H18ClFINO2/c1-3-7-24-18-16(21)8-12(9-17(18)23-4-2)11-22-13-5-6-15(20)14(19)10-13/h3,5-6,8-10,22H,1,4,7,11H2,2H3. The summed E-state index contributed by atoms with van der Waals surface area (Å²) in [4.78, 5) is 0. The van der Waals surface area contributed by atoms with Gasteiger partial charge >= 0.3 is 0 Å². The predicted molar refractivity (Wildman–Crippen MR) is 105 cm³/mol. The number of ether oxygens (including phenoxy) is 2. The summed E-state index contributed by atoms with van der Waals surface area (Å²) in [5.41, 5.74) is 1.77. The SMILES string of the molecule is C=CCOc1c(I)cc(CNc2ccc(F)c(Cl)c2)cc1OCC. The summed E-state index contributed by atoms with van der Waals surface area (Å²) in [6.07, 6.45) is 1.69. The van der Waals surface area contributed by atoms with E-state index in [9.17, 15) is 4.39 Å². The van der Waals surface area contributed by atoms with Crippen molar-refractivity contribution < 1.29 is 13.9 Å². The molecule has 0 aliphatic rings. The Morgan fingerprint density at radius 2 is 2.08 bits per heavy atom. The van der Waals surface area contributed by atoms with Gasteiger partial charge in [0.05, 0.1) is 15.2 Å². The van der Waals surface area contributed by atoms with Gasteiger partial charge in [-0.3, -0.25) is 0 Å². The van der Waals surface area contributed by atoms with Crippen LogP contribution in [0.15, 0.2) is 43.0 Å². The molecule has 24 heavy (non-hydrogen) atoms. The van der Waals surface area contributed by atoms with Crippen LogP contribution in [0.4, 0.5) is 10.1 Å². The highest BCUT2D eigenvalue weighted by Gasteiger charge is 2.12. The second kappa shape index (κ2) is 9.13. The second-order valence-electron chi connectivity index (χ2n) is 4.92. The molecular weight excluding hydrogens is 444 g/mol. The van der Waals surface area contributed by atoms with Gasteiger partial charge in [-0.2, -0.15) is 0 Å². The van der Waals surface area contributed by atoms with Gasteiger partial charge in [-0.25, -0.2) is 4.39 Å². The smallest absolute Gasteiger partial charge is 0.174 e. The van der Waals surface area contributed by atoms with E-state index in [2.05, 4.69) is 34.5 Å². The average molecular weight is 462 g/mol. The molecule has 0 spiro atoms. The average Bonchev–Trinajstić information content (AvgIpc) is 2.55. The zero-order valence-electron chi connectivity index (χ0n) is 13.2. The first-order valence-corrected chi connectivity index (χ1v) is 8.88. The molecule has 0 aliphatic heterocycles. The minimum atomic E-state index is -0.431. The fraction of sp³-hybridized carbons (Fsp3) is 0.222. The van der Waals surface area contributed by atoms with Crippen LogP contribution in [0.25, 0.3) is 0 Å². The van der Waals surface area contributed by atoms with Gasteiger partial charge in [0.2, 0.25) is 0 Å². The van der Waals surface area contributed by atoms with E-state index < -0.39 is 5.82 Å². The topological polar surface area (TPSA) is 30.5 Å². The van der Waals surface area contributed by atoms with Gasteiger partial charge in [0.1, 0.15) is 12.4 Å². The number of hydrogen-bond acceptors (Lipinski definition) is 3. The lowest BCUT2D eigenvalue weighted by Crippen LogP contribution is -2.04. The molecule has 0 fully saturated rings. The number of rotatable bonds is 8. The Bertz CT molecular complexity index is 724. The molecule has 0 heterocycles. The Labute approximate surface area is 159 Å². The van der Waals surface area contributed by atoms with Crippen LogP contribution in [0, 0.1) is 9.39 Å². The summed E-state index contributed by atoms with van der Waals surface area (Å²) in [5.74, 6) is 0.977. The monoisotopic (exact) mass is 461 g/mol. The summed E-state index contributed by atoms with van der Waals surface area (Å²) in [5, 5.41) is 3.32. The summed E-state index contributed by atoms with van der Waals surface area (Å²) in [7, 11) is 0. The summed E-state index contributed by atoms with van der Waals surface area (Å²) in [6, 6.07) is 8.50. The molecule has 2 aromatic carbocycles. The molecule has 0 radical (unpaired) electrons. The Kier molecular flexibility index (Phi) is 7.17. The van der Waals surface area contributed by atoms with E-state index in [0.717, 1.165) is 14.8 Å². The molecular formula is C18H18ClFINO2. The summed E-state index contributed by atoms with van der Waals surface area (Å²) >= 11 is 8.01. The molecule has 2 rings (SSSR count). The molecule has 2 aromatic rings. The molecule has 0 saturated carbocycles. The van der Waals surface area contributed by atoms with Crippen LogP contribution < -0.4 is 14.8 Å². The van der Waals surface area contributed by atoms with Crippen molar-refractivity contribution in [1.29, 1.82) is 0 Å². The first-order chi connectivity index (χ1) is 11.5. The predicted octanol–water partition coefficient (Wildman–Crippen LogP) is 5.66. The maximum Gasteiger partial charge on any atom is 0.174 e. The lowest BCUT2D eigenvalue weighted by atomic mass is 10.2. The number of anilines is 1. The van der Waals surface area contributed by atoms with Crippen LogP contribution in [0.1, 0.15) is 12.5 Å². The molecule has 0 atom stereocenters. The van der Waals surface area contributed by atoms with E-state index in [0.29, 0.717) is 31.3 Å². The zero-order valence-corrected chi connectivity index (χ0v) is 16.2. The number of benzene rings is 2. The van der Waals surface area contributed by atoms with E-state index in [1.165, 1.54) is 6.07 Å². The van der Waals surface area contributed by atoms with Gasteiger partial charge in [0, 0.05) is 12.2 Å². The first kappa shape index (κ1) is 18.9. The van der Waals surface area contributed by atoms with Crippen molar-refractivity contribution in [2.75, 3.05) is 18.5 Å². The zero-order chi connectivity index (χ0) is 17.5. The normalized spacial score (nSPS) is 10.3. The molecule has 0 aliphatic carbocycles. The lowest BCUT2D eigenvalue weighted by molar-refractivity contribution is 0.295. The highest BCUT2D eigenvalue weighted by atomic mass is 127. The molecule has 6 heteroatoms. The fourth-order valence-corrected chi connectivity index (χ4v) is 3.08. The van der Waals surface area contributed by atoms with Crippen molar-refractivity contribution in [3.8, 4) is 11.5 Å². The third-order valence-corrected chi connectivity index (χ3v) is 4.22. The quantitative estimate of drug-likeness (QED) is 0.406. The van der Waals surface area contributed by atoms with Crippen LogP contribution in [0.3, 0.4) is 0 Å². The minimum Gasteiger partial charge on any atom is -0.490 e. The van der Waals surface area contributed by atoms with E-state index in [4.69, 9.17) is 21.1 Å². The number of nitrogens with one attached hydrogen (secondary N) is 1. The maximum absolute atomic E-state index is 13.2. The molecule has 0 aromatic heterocycles. The Morgan fingerprint density at radius 1 is 1.29 bits per heavy atom. The molecule has 0 amide bonds. The van der Waals surface area contributed by atoms with Crippen molar-refractivity contribution in [2.24, 2.45) is 0 Å². The maximum atomic E-state index is 13.2. The molecule has 0 saturated heterocycles. The van der Waals surface area contributed by atoms with Crippen molar-refractivity contribution in [2.45, 2.75) is 13.5 Å². The van der Waals surface area contributed by atoms with Crippen LogP contribution >= 0.6 is 34.2 Å². The van der Waals surface area contributed by atoms with E-state index in [-0.39, 0.29) is 5.02 Å². The molecule has 1 N–H and O–H groups in total. The Hall–Kier alpha value is -1.47. The highest BCUT2D eigenvalue weighted by molar-refractivity contribution is 14.1. The van der Waals surface area contributed by atoms with Crippen molar-refractivity contribution >= 4 is 39.9 Å². The molecule has 3 nitrogen and oxygen atoms in total. The molecule has 0 unspecified atom stereocenters. The third-order valence-electron chi connectivity index (χ3n) is 3.13. The second-order valence-corrected chi connectivity index (χ2v) is 6.49. The van der Waals surface area contributed by atoms with Gasteiger partial charge in [-0.1, -0.05) is 24.3 Å². The van der Waals surface area contributed by atoms with Crippen molar-refractivity contribution in [3.63, 3.8) is 0 Å². The van der Waals surface area contributed by atoms with E-state index in [1.54, 1.807) is 18.2 Å². The van der Waals surface area contributed by atoms with Gasteiger partial charge < -0.3 is 14.8 Å². The van der Waals surface area contributed by atoms with Gasteiger partial charge in [0.15, 0.2) is 11.5 Å². The van der Waals surface area contributed by atoms with Gasteiger partial charge in [0.25, 0.3) is 0 Å². The Morgan fingerprint density at radius 3 is 2.75 bits per heavy atom. The van der Waals surface area contributed by atoms with Crippen LogP contribution in [-0.4, -0.2) is 13.2 Å². The number of hydrogen-bond donors (Lipinski definition) is 1. The highest BCUT2D eigenvalue weighted by Crippen LogP contribution is 2.34. The summed E-state index contributed by atoms with van der Waals surface area (Å²) < 4.78 is 25.5. The van der Waals surface area contributed by atoms with E-state index in [1.807, 2.05) is 19.1 Å². The van der Waals surface area contributed by atoms with Gasteiger partial charge in [-0.15, -0.1) is 0 Å². The van der Waals surface area contributed by atoms with Crippen LogP contribution in [-0.2, 0) is 6.54 Å². The Balaban J connectivity index is 2.17. The molecule has 128 valence electrons. The van der Waals surface area contributed by atoms with Crippen molar-refractivity contribution in [3.05, 3.63) is 63.0 Å². The van der Waals surface area contributed by atoms with E-state index >= 15 is 0 Å². The minimum absolute atomic E-state index is 0.0951. The first-order valence-electron chi connectivity index (χ1n) is 7.43. The van der Waals surface area contributed by atoms with Crippen LogP contribution in [0.5, 0.6) is 11.5 Å². The van der Waals surface area contributed by atoms with Crippen molar-refractivity contribution in [1.82, 2.24) is 0 Å². The lowest BCUT2D eigenvalue weighted by Gasteiger charge is -2.15. The third kappa shape index (κ3) is 5.01. The largest absolute Gasteiger partial charge is 0.490 e. The number of halogens is 3. The fourth-order valence-electron chi connectivity index (χ4n) is 2.08. The molecule has 0 bridgehead atoms. The summed E-state index contributed by atoms with van der Waals surface area (Å²) in [6.45, 7) is 7.11.